The normalized spacial score (nSPS) is 14.2. The van der Waals surface area contributed by atoms with E-state index in [1.807, 2.05) is 48.5 Å². The van der Waals surface area contributed by atoms with Gasteiger partial charge in [0.05, 0.1) is 23.9 Å². The first-order valence-corrected chi connectivity index (χ1v) is 11.1. The number of hydrogen-bond donors (Lipinski definition) is 1. The van der Waals surface area contributed by atoms with Crippen molar-refractivity contribution in [1.82, 2.24) is 10.3 Å². The smallest absolute Gasteiger partial charge is 0.339 e. The van der Waals surface area contributed by atoms with Crippen molar-refractivity contribution >= 4 is 22.8 Å². The maximum atomic E-state index is 12.9. The summed E-state index contributed by atoms with van der Waals surface area (Å²) in [5, 5.41) is 3.60. The van der Waals surface area contributed by atoms with Gasteiger partial charge in [-0.15, -0.1) is 0 Å². The summed E-state index contributed by atoms with van der Waals surface area (Å²) in [5.41, 5.74) is 2.59. The Morgan fingerprint density at radius 3 is 2.53 bits per heavy atom. The van der Waals surface area contributed by atoms with E-state index in [9.17, 15) is 9.59 Å². The molecular weight excluding hydrogens is 404 g/mol. The quantitative estimate of drug-likeness (QED) is 0.545. The summed E-state index contributed by atoms with van der Waals surface area (Å²) >= 11 is 0. The minimum atomic E-state index is -0.536. The lowest BCUT2D eigenvalue weighted by Gasteiger charge is -2.21. The Balaban J connectivity index is 1.48. The number of para-hydroxylation sites is 1. The zero-order valence-corrected chi connectivity index (χ0v) is 18.3. The molecule has 1 fully saturated rings. The van der Waals surface area contributed by atoms with Gasteiger partial charge >= 0.3 is 5.97 Å². The fraction of sp³-hybridized carbons (Fsp3) is 0.346. The molecule has 0 spiro atoms. The van der Waals surface area contributed by atoms with Crippen molar-refractivity contribution in [2.75, 3.05) is 20.3 Å². The van der Waals surface area contributed by atoms with Crippen molar-refractivity contribution < 1.29 is 19.1 Å². The molecule has 1 saturated carbocycles. The molecule has 6 heteroatoms. The number of carbonyl (C=O) groups excluding carboxylic acids is 2. The molecule has 0 radical (unpaired) electrons. The van der Waals surface area contributed by atoms with Crippen molar-refractivity contribution in [3.63, 3.8) is 0 Å². The van der Waals surface area contributed by atoms with Crippen LogP contribution in [0.25, 0.3) is 22.2 Å². The summed E-state index contributed by atoms with van der Waals surface area (Å²) in [6.07, 6.45) is 6.03. The molecule has 1 heterocycles. The largest absolute Gasteiger partial charge is 0.497 e. The van der Waals surface area contributed by atoms with Gasteiger partial charge in [0, 0.05) is 17.5 Å². The minimum absolute atomic E-state index is 0.266. The monoisotopic (exact) mass is 432 g/mol. The lowest BCUT2D eigenvalue weighted by atomic mass is 9.89. The molecule has 32 heavy (non-hydrogen) atoms. The number of fused-ring (bicyclic) bond motifs is 1. The Morgan fingerprint density at radius 1 is 1.03 bits per heavy atom. The molecule has 0 saturated heterocycles. The van der Waals surface area contributed by atoms with E-state index in [0.717, 1.165) is 24.2 Å². The second-order valence-corrected chi connectivity index (χ2v) is 8.18. The third-order valence-electron chi connectivity index (χ3n) is 5.97. The maximum Gasteiger partial charge on any atom is 0.339 e. The van der Waals surface area contributed by atoms with Crippen LogP contribution in [-0.2, 0) is 9.53 Å². The highest BCUT2D eigenvalue weighted by molar-refractivity contribution is 6.05. The van der Waals surface area contributed by atoms with E-state index in [4.69, 9.17) is 14.5 Å². The molecule has 1 aliphatic carbocycles. The summed E-state index contributed by atoms with van der Waals surface area (Å²) in [6.45, 7) is 0.357. The highest BCUT2D eigenvalue weighted by Crippen LogP contribution is 2.27. The van der Waals surface area contributed by atoms with Crippen molar-refractivity contribution in [3.05, 3.63) is 60.2 Å². The van der Waals surface area contributed by atoms with Crippen molar-refractivity contribution in [1.29, 1.82) is 0 Å². The molecule has 0 atom stereocenters. The van der Waals surface area contributed by atoms with Crippen LogP contribution in [-0.4, -0.2) is 37.1 Å². The molecule has 0 bridgehead atoms. The molecular formula is C26H28N2O4. The number of aromatic nitrogens is 1. The number of benzene rings is 2. The van der Waals surface area contributed by atoms with Crippen molar-refractivity contribution in [3.8, 4) is 17.0 Å². The predicted octanol–water partition coefficient (Wildman–Crippen LogP) is 4.76. The zero-order chi connectivity index (χ0) is 22.3. The molecule has 6 nitrogen and oxygen atoms in total. The summed E-state index contributed by atoms with van der Waals surface area (Å²) in [5.74, 6) is 0.469. The first-order chi connectivity index (χ1) is 15.6. The molecule has 166 valence electrons. The Morgan fingerprint density at radius 2 is 1.78 bits per heavy atom. The van der Waals surface area contributed by atoms with Crippen LogP contribution in [0, 0.1) is 5.92 Å². The lowest BCUT2D eigenvalue weighted by Crippen LogP contribution is -2.33. The molecule has 1 amide bonds. The minimum Gasteiger partial charge on any atom is -0.497 e. The average molecular weight is 433 g/mol. The van der Waals surface area contributed by atoms with Crippen LogP contribution in [0.15, 0.2) is 54.6 Å². The third kappa shape index (κ3) is 5.25. The number of nitrogens with zero attached hydrogens (tertiary/aromatic N) is 1. The Labute approximate surface area is 187 Å². The number of rotatable bonds is 7. The second-order valence-electron chi connectivity index (χ2n) is 8.18. The van der Waals surface area contributed by atoms with Gasteiger partial charge in [0.2, 0.25) is 0 Å². The number of methoxy groups -OCH3 is 1. The molecule has 1 aromatic heterocycles. The maximum absolute atomic E-state index is 12.9. The molecule has 0 unspecified atom stereocenters. The van der Waals surface area contributed by atoms with E-state index in [1.165, 1.54) is 19.3 Å². The van der Waals surface area contributed by atoms with Gasteiger partial charge in [-0.25, -0.2) is 9.78 Å². The van der Waals surface area contributed by atoms with E-state index in [2.05, 4.69) is 5.32 Å². The Kier molecular flexibility index (Phi) is 7.00. The highest BCUT2D eigenvalue weighted by atomic mass is 16.5. The van der Waals surface area contributed by atoms with Crippen LogP contribution < -0.4 is 10.1 Å². The number of ether oxygens (including phenoxy) is 2. The van der Waals surface area contributed by atoms with Crippen molar-refractivity contribution in [2.45, 2.75) is 32.1 Å². The van der Waals surface area contributed by atoms with Gasteiger partial charge < -0.3 is 14.8 Å². The van der Waals surface area contributed by atoms with E-state index >= 15 is 0 Å². The van der Waals surface area contributed by atoms with E-state index in [1.54, 1.807) is 13.2 Å². The van der Waals surface area contributed by atoms with Crippen LogP contribution in [0.4, 0.5) is 0 Å². The predicted molar refractivity (Wildman–Crippen MR) is 124 cm³/mol. The molecule has 3 aromatic rings. The fourth-order valence-electron chi connectivity index (χ4n) is 4.16. The third-order valence-corrected chi connectivity index (χ3v) is 5.97. The zero-order valence-electron chi connectivity index (χ0n) is 18.3. The van der Waals surface area contributed by atoms with E-state index in [-0.39, 0.29) is 12.5 Å². The van der Waals surface area contributed by atoms with Gasteiger partial charge in [-0.05, 0) is 55.2 Å². The first-order valence-electron chi connectivity index (χ1n) is 11.1. The number of carbonyl (C=O) groups is 2. The van der Waals surface area contributed by atoms with Crippen LogP contribution in [0.1, 0.15) is 42.5 Å². The van der Waals surface area contributed by atoms with Gasteiger partial charge in [0.25, 0.3) is 5.91 Å². The van der Waals surface area contributed by atoms with Gasteiger partial charge in [-0.2, -0.15) is 0 Å². The fourth-order valence-corrected chi connectivity index (χ4v) is 4.16. The molecule has 1 aliphatic rings. The van der Waals surface area contributed by atoms with E-state index < -0.39 is 5.97 Å². The summed E-state index contributed by atoms with van der Waals surface area (Å²) in [7, 11) is 1.61. The lowest BCUT2D eigenvalue weighted by molar-refractivity contribution is -0.124. The highest BCUT2D eigenvalue weighted by Gasteiger charge is 2.18. The number of hydrogen-bond acceptors (Lipinski definition) is 5. The molecule has 4 rings (SSSR count). The number of nitrogens with one attached hydrogen (secondary N) is 1. The van der Waals surface area contributed by atoms with Gasteiger partial charge in [-0.1, -0.05) is 37.5 Å². The second kappa shape index (κ2) is 10.3. The molecule has 0 aliphatic heterocycles. The molecule has 1 N–H and O–H groups in total. The first kappa shape index (κ1) is 21.8. The topological polar surface area (TPSA) is 77.5 Å². The van der Waals surface area contributed by atoms with Gasteiger partial charge in [-0.3, -0.25) is 4.79 Å². The summed E-state index contributed by atoms with van der Waals surface area (Å²) < 4.78 is 10.6. The van der Waals surface area contributed by atoms with Crippen LogP contribution in [0.2, 0.25) is 0 Å². The number of amides is 1. The van der Waals surface area contributed by atoms with Gasteiger partial charge in [0.15, 0.2) is 6.61 Å². The van der Waals surface area contributed by atoms with Crippen LogP contribution in [0.5, 0.6) is 5.75 Å². The van der Waals surface area contributed by atoms with E-state index in [0.29, 0.717) is 34.6 Å². The standard InChI is InChI=1S/C26H28N2O4/c1-31-20-13-11-19(12-14-20)24-15-22(21-9-5-6-10-23(21)28-24)26(30)32-17-25(29)27-16-18-7-3-2-4-8-18/h5-6,9-15,18H,2-4,7-8,16-17H2,1H3,(H,27,29). The Hall–Kier alpha value is -3.41. The van der Waals surface area contributed by atoms with Crippen LogP contribution in [0.3, 0.4) is 0 Å². The molecule has 2 aromatic carbocycles. The number of pyridine rings is 1. The summed E-state index contributed by atoms with van der Waals surface area (Å²) in [6, 6.07) is 16.6. The Bertz CT molecular complexity index is 1090. The number of esters is 1. The van der Waals surface area contributed by atoms with Crippen molar-refractivity contribution in [2.24, 2.45) is 5.92 Å². The summed E-state index contributed by atoms with van der Waals surface area (Å²) in [4.78, 5) is 29.8. The van der Waals surface area contributed by atoms with Crippen LogP contribution >= 0.6 is 0 Å². The average Bonchev–Trinajstić information content (AvgIpc) is 2.86. The SMILES string of the molecule is COc1ccc(-c2cc(C(=O)OCC(=O)NCC3CCCCC3)c3ccccc3n2)cc1. The van der Waals surface area contributed by atoms with Gasteiger partial charge in [0.1, 0.15) is 5.75 Å².